The van der Waals surface area contributed by atoms with Crippen LogP contribution in [0.5, 0.6) is 11.5 Å². The number of allylic oxidation sites excluding steroid dienone is 1. The Balaban J connectivity index is 1.59. The Kier molecular flexibility index (Phi) is 6.47. The topological polar surface area (TPSA) is 90.3 Å². The average molecular weight is 546 g/mol. The lowest BCUT2D eigenvalue weighted by atomic mass is 9.95. The highest BCUT2D eigenvalue weighted by atomic mass is 79.9. The van der Waals surface area contributed by atoms with Gasteiger partial charge in [0.1, 0.15) is 17.5 Å². The zero-order chi connectivity index (χ0) is 25.2. The van der Waals surface area contributed by atoms with Crippen LogP contribution in [-0.4, -0.2) is 34.9 Å². The highest BCUT2D eigenvalue weighted by Crippen LogP contribution is 2.38. The predicted octanol–water partition coefficient (Wildman–Crippen LogP) is 5.65. The summed E-state index contributed by atoms with van der Waals surface area (Å²) < 4.78 is 13.5. The summed E-state index contributed by atoms with van der Waals surface area (Å²) >= 11 is 3.50. The Hall–Kier alpha value is -4.11. The molecule has 1 amide bonds. The van der Waals surface area contributed by atoms with Gasteiger partial charge in [-0.2, -0.15) is 4.98 Å². The fourth-order valence-corrected chi connectivity index (χ4v) is 4.48. The maximum Gasteiger partial charge on any atom is 0.255 e. The van der Waals surface area contributed by atoms with Crippen LogP contribution in [0.2, 0.25) is 0 Å². The molecule has 5 rings (SSSR count). The third kappa shape index (κ3) is 4.45. The standard InChI is InChI=1S/C27H24BrN5O3/c1-16-23(26(34)30-21-9-4-5-10-22(21)36-3)24(17-11-13-19(28)14-12-17)33-27(29-16)31-25(32-33)18-7-6-8-20(15-18)35-2/h4-15,24H,1-3H3,(H,30,34)(H,29,31,32). The molecule has 1 unspecified atom stereocenters. The second-order valence-electron chi connectivity index (χ2n) is 8.21. The summed E-state index contributed by atoms with van der Waals surface area (Å²) in [5.41, 5.74) is 3.50. The molecule has 0 saturated heterocycles. The number of methoxy groups -OCH3 is 2. The van der Waals surface area contributed by atoms with E-state index in [0.717, 1.165) is 15.6 Å². The van der Waals surface area contributed by atoms with E-state index in [0.29, 0.717) is 40.2 Å². The van der Waals surface area contributed by atoms with Crippen molar-refractivity contribution in [2.45, 2.75) is 13.0 Å². The lowest BCUT2D eigenvalue weighted by Crippen LogP contribution is -2.31. The first-order valence-electron chi connectivity index (χ1n) is 11.3. The van der Waals surface area contributed by atoms with Gasteiger partial charge < -0.3 is 20.1 Å². The molecule has 8 nitrogen and oxygen atoms in total. The molecule has 1 aliphatic rings. The smallest absolute Gasteiger partial charge is 0.255 e. The number of benzene rings is 3. The molecule has 182 valence electrons. The molecule has 36 heavy (non-hydrogen) atoms. The van der Waals surface area contributed by atoms with Gasteiger partial charge in [0.25, 0.3) is 5.91 Å². The van der Waals surface area contributed by atoms with Gasteiger partial charge in [-0.1, -0.05) is 52.3 Å². The Morgan fingerprint density at radius 1 is 1.03 bits per heavy atom. The van der Waals surface area contributed by atoms with Crippen LogP contribution in [0.25, 0.3) is 11.4 Å². The van der Waals surface area contributed by atoms with Gasteiger partial charge in [0, 0.05) is 15.7 Å². The fraction of sp³-hybridized carbons (Fsp3) is 0.148. The molecular formula is C27H24BrN5O3. The number of nitrogens with one attached hydrogen (secondary N) is 2. The van der Waals surface area contributed by atoms with Crippen LogP contribution in [0.1, 0.15) is 18.5 Å². The largest absolute Gasteiger partial charge is 0.497 e. The van der Waals surface area contributed by atoms with Gasteiger partial charge in [0.15, 0.2) is 5.82 Å². The molecule has 0 bridgehead atoms. The molecule has 0 fully saturated rings. The molecular weight excluding hydrogens is 522 g/mol. The number of hydrogen-bond donors (Lipinski definition) is 2. The molecule has 0 spiro atoms. The van der Waals surface area contributed by atoms with Crippen molar-refractivity contribution >= 4 is 33.5 Å². The Bertz CT molecular complexity index is 1460. The molecule has 1 atom stereocenters. The van der Waals surface area contributed by atoms with E-state index < -0.39 is 6.04 Å². The number of nitrogens with zero attached hydrogens (tertiary/aromatic N) is 3. The van der Waals surface area contributed by atoms with Crippen molar-refractivity contribution < 1.29 is 14.3 Å². The second-order valence-corrected chi connectivity index (χ2v) is 9.12. The van der Waals surface area contributed by atoms with E-state index in [-0.39, 0.29) is 5.91 Å². The maximum absolute atomic E-state index is 13.7. The Morgan fingerprint density at radius 2 is 1.81 bits per heavy atom. The van der Waals surface area contributed by atoms with Gasteiger partial charge in [-0.25, -0.2) is 4.68 Å². The lowest BCUT2D eigenvalue weighted by Gasteiger charge is -2.29. The van der Waals surface area contributed by atoms with Crippen molar-refractivity contribution in [3.63, 3.8) is 0 Å². The summed E-state index contributed by atoms with van der Waals surface area (Å²) in [6.07, 6.45) is 0. The minimum absolute atomic E-state index is 0.263. The first-order valence-corrected chi connectivity index (χ1v) is 12.1. The zero-order valence-electron chi connectivity index (χ0n) is 19.9. The number of carbonyl (C=O) groups excluding carboxylic acids is 1. The predicted molar refractivity (Wildman–Crippen MR) is 142 cm³/mol. The number of anilines is 2. The minimum Gasteiger partial charge on any atom is -0.497 e. The van der Waals surface area contributed by atoms with E-state index in [1.54, 1.807) is 31.0 Å². The van der Waals surface area contributed by atoms with Crippen molar-refractivity contribution in [2.75, 3.05) is 24.9 Å². The summed E-state index contributed by atoms with van der Waals surface area (Å²) in [5, 5.41) is 11.1. The SMILES string of the molecule is COc1cccc(-c2nc3n(n2)C(c2ccc(Br)cc2)C(C(=O)Nc2ccccc2OC)=C(C)N3)c1. The van der Waals surface area contributed by atoms with Crippen LogP contribution in [0.15, 0.2) is 88.5 Å². The third-order valence-corrected chi connectivity index (χ3v) is 6.49. The monoisotopic (exact) mass is 545 g/mol. The summed E-state index contributed by atoms with van der Waals surface area (Å²) in [7, 11) is 3.19. The highest BCUT2D eigenvalue weighted by Gasteiger charge is 2.34. The summed E-state index contributed by atoms with van der Waals surface area (Å²) in [4.78, 5) is 18.5. The van der Waals surface area contributed by atoms with Crippen LogP contribution in [-0.2, 0) is 4.79 Å². The number of rotatable bonds is 6. The fourth-order valence-electron chi connectivity index (χ4n) is 4.22. The van der Waals surface area contributed by atoms with Crippen molar-refractivity contribution in [3.8, 4) is 22.9 Å². The number of halogens is 1. The number of fused-ring (bicyclic) bond motifs is 1. The van der Waals surface area contributed by atoms with Gasteiger partial charge in [-0.15, -0.1) is 5.10 Å². The summed E-state index contributed by atoms with van der Waals surface area (Å²) in [6.45, 7) is 1.87. The van der Waals surface area contributed by atoms with Gasteiger partial charge in [0.05, 0.1) is 25.5 Å². The van der Waals surface area contributed by atoms with Crippen molar-refractivity contribution in [3.05, 3.63) is 94.1 Å². The van der Waals surface area contributed by atoms with Crippen molar-refractivity contribution in [1.82, 2.24) is 14.8 Å². The van der Waals surface area contributed by atoms with Gasteiger partial charge >= 0.3 is 0 Å². The average Bonchev–Trinajstić information content (AvgIpc) is 3.32. The molecule has 1 aliphatic heterocycles. The number of para-hydroxylation sites is 2. The molecule has 4 aromatic rings. The number of carbonyl (C=O) groups is 1. The maximum atomic E-state index is 13.7. The quantitative estimate of drug-likeness (QED) is 0.325. The second kappa shape index (κ2) is 9.87. The van der Waals surface area contributed by atoms with Crippen LogP contribution in [0.4, 0.5) is 11.6 Å². The molecule has 0 radical (unpaired) electrons. The van der Waals surface area contributed by atoms with E-state index in [2.05, 4.69) is 26.6 Å². The number of hydrogen-bond acceptors (Lipinski definition) is 6. The lowest BCUT2D eigenvalue weighted by molar-refractivity contribution is -0.113. The van der Waals surface area contributed by atoms with Gasteiger partial charge in [-0.05, 0) is 48.9 Å². The van der Waals surface area contributed by atoms with Crippen LogP contribution < -0.4 is 20.1 Å². The van der Waals surface area contributed by atoms with E-state index in [9.17, 15) is 4.79 Å². The van der Waals surface area contributed by atoms with Gasteiger partial charge in [-0.3, -0.25) is 4.79 Å². The van der Waals surface area contributed by atoms with Crippen molar-refractivity contribution in [1.29, 1.82) is 0 Å². The summed E-state index contributed by atoms with van der Waals surface area (Å²) in [5.74, 6) is 2.10. The normalized spacial score (nSPS) is 14.6. The zero-order valence-corrected chi connectivity index (χ0v) is 21.5. The van der Waals surface area contributed by atoms with E-state index >= 15 is 0 Å². The molecule has 0 aliphatic carbocycles. The summed E-state index contributed by atoms with van der Waals surface area (Å²) in [6, 6.07) is 22.2. The highest BCUT2D eigenvalue weighted by molar-refractivity contribution is 9.10. The number of ether oxygens (including phenoxy) is 2. The molecule has 2 heterocycles. The van der Waals surface area contributed by atoms with E-state index in [1.807, 2.05) is 67.6 Å². The molecule has 0 saturated carbocycles. The molecule has 9 heteroatoms. The Labute approximate surface area is 217 Å². The molecule has 1 aromatic heterocycles. The Morgan fingerprint density at radius 3 is 2.56 bits per heavy atom. The first kappa shape index (κ1) is 23.6. The van der Waals surface area contributed by atoms with E-state index in [1.165, 1.54) is 0 Å². The number of amides is 1. The van der Waals surface area contributed by atoms with Crippen molar-refractivity contribution in [2.24, 2.45) is 0 Å². The molecule has 3 aromatic carbocycles. The van der Waals surface area contributed by atoms with Gasteiger partial charge in [0.2, 0.25) is 5.95 Å². The number of aromatic nitrogens is 3. The third-order valence-electron chi connectivity index (χ3n) is 5.97. The first-order chi connectivity index (χ1) is 17.5. The molecule has 2 N–H and O–H groups in total. The van der Waals surface area contributed by atoms with Crippen LogP contribution in [0.3, 0.4) is 0 Å². The van der Waals surface area contributed by atoms with Crippen LogP contribution >= 0.6 is 15.9 Å². The van der Waals surface area contributed by atoms with E-state index in [4.69, 9.17) is 19.6 Å². The van der Waals surface area contributed by atoms with Crippen LogP contribution in [0, 0.1) is 0 Å². The minimum atomic E-state index is -0.504.